The summed E-state index contributed by atoms with van der Waals surface area (Å²) in [6.07, 6.45) is 3.61. The summed E-state index contributed by atoms with van der Waals surface area (Å²) in [7, 11) is 2.64. The molecule has 1 aromatic rings. The van der Waals surface area contributed by atoms with Gasteiger partial charge in [0.15, 0.2) is 5.84 Å². The number of rotatable bonds is 5. The molecule has 0 saturated carbocycles. The van der Waals surface area contributed by atoms with Crippen molar-refractivity contribution in [2.45, 2.75) is 19.3 Å². The fourth-order valence-electron chi connectivity index (χ4n) is 3.78. The number of amides is 2. The van der Waals surface area contributed by atoms with Crippen LogP contribution in [0.15, 0.2) is 53.4 Å². The number of ether oxygens (including phenoxy) is 1. The van der Waals surface area contributed by atoms with Gasteiger partial charge in [0.25, 0.3) is 17.6 Å². The number of nitrogens with one attached hydrogen (secondary N) is 2. The van der Waals surface area contributed by atoms with Crippen LogP contribution in [-0.2, 0) is 25.5 Å². The highest BCUT2D eigenvalue weighted by Gasteiger charge is 2.33. The second kappa shape index (κ2) is 10.2. The summed E-state index contributed by atoms with van der Waals surface area (Å²) >= 11 is 0. The number of halogens is 1. The number of likely N-dealkylation sites (N-methyl/N-ethyl adjacent to an activating group) is 1. The summed E-state index contributed by atoms with van der Waals surface area (Å²) < 4.78 is 18.4. The third kappa shape index (κ3) is 5.33. The highest BCUT2D eigenvalue weighted by molar-refractivity contribution is 6.63. The van der Waals surface area contributed by atoms with Crippen LogP contribution in [0.2, 0.25) is 0 Å². The van der Waals surface area contributed by atoms with Gasteiger partial charge in [0.1, 0.15) is 17.2 Å². The summed E-state index contributed by atoms with van der Waals surface area (Å²) in [5, 5.41) is 10.2. The maximum absolute atomic E-state index is 13.2. The molecule has 0 spiro atoms. The summed E-state index contributed by atoms with van der Waals surface area (Å²) in [4.78, 5) is 43.7. The number of Topliss-reactive ketones (excluding diaryl/α,β-unsaturated/α-hetero) is 1. The van der Waals surface area contributed by atoms with Crippen molar-refractivity contribution in [3.8, 4) is 0 Å². The molecule has 10 heteroatoms. The van der Waals surface area contributed by atoms with Gasteiger partial charge in [-0.05, 0) is 42.9 Å². The minimum atomic E-state index is -1.08. The number of carbonyl (C=O) groups excluding carboxylic acids is 3. The molecular weight excluding hydrogens is 429 g/mol. The topological polar surface area (TPSA) is 115 Å². The van der Waals surface area contributed by atoms with Crippen molar-refractivity contribution in [1.29, 1.82) is 5.41 Å². The predicted octanol–water partition coefficient (Wildman–Crippen LogP) is 1.61. The largest absolute Gasteiger partial charge is 0.480 e. The van der Waals surface area contributed by atoms with Crippen LogP contribution in [0.25, 0.3) is 0 Å². The van der Waals surface area contributed by atoms with Crippen LogP contribution in [0, 0.1) is 17.1 Å². The number of carbonyl (C=O) groups is 3. The Labute approximate surface area is 191 Å². The molecule has 3 rings (SSSR count). The van der Waals surface area contributed by atoms with E-state index >= 15 is 0 Å². The Morgan fingerprint density at radius 1 is 1.24 bits per heavy atom. The molecule has 1 fully saturated rings. The number of likely N-dealkylation sites (tertiary alicyclic amines) is 1. The molecule has 2 amide bonds. The lowest BCUT2D eigenvalue weighted by Crippen LogP contribution is -2.44. The second-order valence-electron chi connectivity index (χ2n) is 7.77. The SMILES string of the molecule is C=C1N=C(OC)C(C(=O)N2CCC(Cc3ccc(F)cc3)CC2)=CN1C(=N)C(=O)C(=O)NC. The van der Waals surface area contributed by atoms with Gasteiger partial charge in [-0.3, -0.25) is 24.7 Å². The molecule has 0 radical (unpaired) electrons. The summed E-state index contributed by atoms with van der Waals surface area (Å²) in [6.45, 7) is 4.70. The number of aliphatic imine (C=N–C) groups is 1. The molecule has 0 unspecified atom stereocenters. The van der Waals surface area contributed by atoms with Gasteiger partial charge in [0, 0.05) is 26.3 Å². The van der Waals surface area contributed by atoms with Gasteiger partial charge in [-0.1, -0.05) is 18.7 Å². The zero-order valence-electron chi connectivity index (χ0n) is 18.6. The van der Waals surface area contributed by atoms with Crippen molar-refractivity contribution in [3.63, 3.8) is 0 Å². The number of methoxy groups -OCH3 is 1. The third-order valence-corrected chi connectivity index (χ3v) is 5.65. The van der Waals surface area contributed by atoms with Gasteiger partial charge in [0.2, 0.25) is 5.90 Å². The van der Waals surface area contributed by atoms with E-state index < -0.39 is 17.5 Å². The van der Waals surface area contributed by atoms with E-state index in [1.165, 1.54) is 32.5 Å². The number of hydrogen-bond acceptors (Lipinski definition) is 6. The van der Waals surface area contributed by atoms with E-state index in [-0.39, 0.29) is 29.0 Å². The lowest BCUT2D eigenvalue weighted by molar-refractivity contribution is -0.134. The predicted molar refractivity (Wildman–Crippen MR) is 120 cm³/mol. The van der Waals surface area contributed by atoms with E-state index in [0.29, 0.717) is 19.0 Å². The molecule has 2 aliphatic heterocycles. The highest BCUT2D eigenvalue weighted by Crippen LogP contribution is 2.25. The van der Waals surface area contributed by atoms with Crippen LogP contribution in [-0.4, -0.2) is 66.4 Å². The quantitative estimate of drug-likeness (QED) is 0.398. The van der Waals surface area contributed by atoms with Gasteiger partial charge in [-0.25, -0.2) is 4.39 Å². The molecule has 1 saturated heterocycles. The smallest absolute Gasteiger partial charge is 0.295 e. The molecule has 33 heavy (non-hydrogen) atoms. The molecule has 174 valence electrons. The highest BCUT2D eigenvalue weighted by atomic mass is 19.1. The van der Waals surface area contributed by atoms with Crippen molar-refractivity contribution in [1.82, 2.24) is 15.1 Å². The Morgan fingerprint density at radius 3 is 2.45 bits per heavy atom. The average Bonchev–Trinajstić information content (AvgIpc) is 2.83. The van der Waals surface area contributed by atoms with E-state index in [1.807, 2.05) is 0 Å². The standard InChI is InChI=1S/C23H26FN5O4/c1-14-27-22(33-3)18(13-29(14)20(25)19(30)21(31)26-2)23(32)28-10-8-16(9-11-28)12-15-4-6-17(24)7-5-15/h4-7,13,16,25H,1,8-12H2,2-3H3,(H,26,31). The molecule has 0 bridgehead atoms. The van der Waals surface area contributed by atoms with E-state index in [2.05, 4.69) is 16.9 Å². The van der Waals surface area contributed by atoms with Crippen LogP contribution < -0.4 is 5.32 Å². The summed E-state index contributed by atoms with van der Waals surface area (Å²) in [5.74, 6) is -2.98. The third-order valence-electron chi connectivity index (χ3n) is 5.65. The van der Waals surface area contributed by atoms with Crippen molar-refractivity contribution in [2.75, 3.05) is 27.2 Å². The molecule has 2 aliphatic rings. The first kappa shape index (κ1) is 23.8. The lowest BCUT2D eigenvalue weighted by Gasteiger charge is -2.34. The minimum Gasteiger partial charge on any atom is -0.480 e. The van der Waals surface area contributed by atoms with Crippen molar-refractivity contribution in [3.05, 3.63) is 59.8 Å². The van der Waals surface area contributed by atoms with E-state index in [4.69, 9.17) is 10.1 Å². The van der Waals surface area contributed by atoms with Gasteiger partial charge in [-0.2, -0.15) is 4.99 Å². The Kier molecular flexibility index (Phi) is 7.37. The van der Waals surface area contributed by atoms with Gasteiger partial charge < -0.3 is 15.0 Å². The maximum Gasteiger partial charge on any atom is 0.295 e. The number of benzene rings is 1. The Balaban J connectivity index is 1.70. The Hall–Kier alpha value is -3.82. The zero-order chi connectivity index (χ0) is 24.1. The maximum atomic E-state index is 13.2. The molecule has 2 heterocycles. The van der Waals surface area contributed by atoms with Crippen LogP contribution >= 0.6 is 0 Å². The van der Waals surface area contributed by atoms with E-state index in [0.717, 1.165) is 29.7 Å². The number of nitrogens with zero attached hydrogens (tertiary/aromatic N) is 3. The van der Waals surface area contributed by atoms with Gasteiger partial charge in [-0.15, -0.1) is 0 Å². The first-order chi connectivity index (χ1) is 15.7. The average molecular weight is 455 g/mol. The zero-order valence-corrected chi connectivity index (χ0v) is 18.6. The monoisotopic (exact) mass is 455 g/mol. The van der Waals surface area contributed by atoms with Crippen LogP contribution in [0.3, 0.4) is 0 Å². The van der Waals surface area contributed by atoms with Gasteiger partial charge >= 0.3 is 0 Å². The first-order valence-corrected chi connectivity index (χ1v) is 10.5. The van der Waals surface area contributed by atoms with Gasteiger partial charge in [0.05, 0.1) is 7.11 Å². The second-order valence-corrected chi connectivity index (χ2v) is 7.77. The normalized spacial score (nSPS) is 16.6. The van der Waals surface area contributed by atoms with Crippen LogP contribution in [0.4, 0.5) is 4.39 Å². The van der Waals surface area contributed by atoms with E-state index in [9.17, 15) is 18.8 Å². The number of piperidine rings is 1. The van der Waals surface area contributed by atoms with Crippen molar-refractivity contribution < 1.29 is 23.5 Å². The Morgan fingerprint density at radius 2 is 1.88 bits per heavy atom. The number of ketones is 1. The molecule has 0 atom stereocenters. The summed E-state index contributed by atoms with van der Waals surface area (Å²) in [5.41, 5.74) is 1.12. The van der Waals surface area contributed by atoms with Crippen molar-refractivity contribution >= 4 is 29.3 Å². The molecule has 0 aromatic heterocycles. The molecule has 0 aliphatic carbocycles. The van der Waals surface area contributed by atoms with Crippen molar-refractivity contribution in [2.24, 2.45) is 10.9 Å². The molecule has 1 aromatic carbocycles. The lowest BCUT2D eigenvalue weighted by atomic mass is 9.90. The molecule has 9 nitrogen and oxygen atoms in total. The van der Waals surface area contributed by atoms with E-state index in [1.54, 1.807) is 17.0 Å². The number of amidine groups is 1. The molecular formula is C23H26FN5O4. The first-order valence-electron chi connectivity index (χ1n) is 10.5. The Bertz CT molecular complexity index is 1040. The van der Waals surface area contributed by atoms with Crippen LogP contribution in [0.1, 0.15) is 18.4 Å². The van der Waals surface area contributed by atoms with Crippen LogP contribution in [0.5, 0.6) is 0 Å². The fraction of sp³-hybridized carbons (Fsp3) is 0.348. The molecule has 2 N–H and O–H groups in total. The minimum absolute atomic E-state index is 0.0230. The summed E-state index contributed by atoms with van der Waals surface area (Å²) in [6, 6.07) is 6.44. The number of hydrogen-bond donors (Lipinski definition) is 2. The fourth-order valence-corrected chi connectivity index (χ4v) is 3.78.